The van der Waals surface area contributed by atoms with Crippen LogP contribution in [0.5, 0.6) is 0 Å². The minimum atomic E-state index is -1.08. The first-order valence-corrected chi connectivity index (χ1v) is 7.11. The number of hydrogen-bond acceptors (Lipinski definition) is 3. The van der Waals surface area contributed by atoms with Crippen molar-refractivity contribution in [2.45, 2.75) is 45.3 Å². The average molecular weight is 277 g/mol. The van der Waals surface area contributed by atoms with Crippen LogP contribution >= 0.6 is 0 Å². The van der Waals surface area contributed by atoms with Gasteiger partial charge in [-0.25, -0.2) is 4.79 Å². The Balaban J connectivity index is 2.18. The molecular weight excluding hydrogens is 254 g/mol. The molecule has 2 unspecified atom stereocenters. The van der Waals surface area contributed by atoms with E-state index in [4.69, 9.17) is 4.74 Å². The van der Waals surface area contributed by atoms with Crippen LogP contribution in [0.3, 0.4) is 0 Å². The third-order valence-corrected chi connectivity index (χ3v) is 4.22. The zero-order chi connectivity index (χ0) is 14.8. The molecule has 2 N–H and O–H groups in total. The Morgan fingerprint density at radius 1 is 1.45 bits per heavy atom. The predicted octanol–water partition coefficient (Wildman–Crippen LogP) is 2.37. The molecule has 0 bridgehead atoms. The molecule has 2 atom stereocenters. The molecule has 0 amide bonds. The number of benzene rings is 1. The van der Waals surface area contributed by atoms with Gasteiger partial charge in [0.05, 0.1) is 6.10 Å². The number of nitrogens with one attached hydrogen (secondary N) is 1. The molecule has 0 aliphatic carbocycles. The second-order valence-corrected chi connectivity index (χ2v) is 5.75. The summed E-state index contributed by atoms with van der Waals surface area (Å²) in [5.41, 5.74) is 1.98. The zero-order valence-electron chi connectivity index (χ0n) is 12.4. The van der Waals surface area contributed by atoms with Crippen molar-refractivity contribution in [3.63, 3.8) is 0 Å². The van der Waals surface area contributed by atoms with Gasteiger partial charge in [0.1, 0.15) is 5.54 Å². The Hall–Kier alpha value is -1.39. The van der Waals surface area contributed by atoms with E-state index in [0.29, 0.717) is 6.54 Å². The van der Waals surface area contributed by atoms with E-state index in [2.05, 4.69) is 5.32 Å². The standard InChI is InChI=1S/C16H23NO3/c1-11-6-7-13(9-12(11)2)16(3,15(18)19)17-10-14-5-4-8-20-14/h6-7,9,14,17H,4-5,8,10H2,1-3H3,(H,18,19). The molecule has 1 aromatic carbocycles. The van der Waals surface area contributed by atoms with Crippen molar-refractivity contribution in [1.82, 2.24) is 5.32 Å². The molecule has 4 heteroatoms. The molecule has 2 rings (SSSR count). The molecule has 1 aromatic rings. The van der Waals surface area contributed by atoms with Crippen LogP contribution in [0.25, 0.3) is 0 Å². The summed E-state index contributed by atoms with van der Waals surface area (Å²) in [5.74, 6) is -0.862. The molecule has 20 heavy (non-hydrogen) atoms. The van der Waals surface area contributed by atoms with Crippen LogP contribution in [-0.2, 0) is 15.1 Å². The fourth-order valence-electron chi connectivity index (χ4n) is 2.48. The molecule has 1 aliphatic heterocycles. The van der Waals surface area contributed by atoms with Gasteiger partial charge in [0.15, 0.2) is 0 Å². The number of hydrogen-bond donors (Lipinski definition) is 2. The quantitative estimate of drug-likeness (QED) is 0.867. The van der Waals surface area contributed by atoms with Crippen LogP contribution in [-0.4, -0.2) is 30.3 Å². The van der Waals surface area contributed by atoms with Crippen molar-refractivity contribution in [2.24, 2.45) is 0 Å². The molecule has 1 aliphatic rings. The van der Waals surface area contributed by atoms with Gasteiger partial charge >= 0.3 is 5.97 Å². The van der Waals surface area contributed by atoms with Crippen LogP contribution in [0.1, 0.15) is 36.5 Å². The highest BCUT2D eigenvalue weighted by Crippen LogP contribution is 2.24. The summed E-state index contributed by atoms with van der Waals surface area (Å²) >= 11 is 0. The maximum atomic E-state index is 11.7. The summed E-state index contributed by atoms with van der Waals surface area (Å²) in [4.78, 5) is 11.7. The van der Waals surface area contributed by atoms with E-state index in [1.165, 1.54) is 5.56 Å². The summed E-state index contributed by atoms with van der Waals surface area (Å²) in [7, 11) is 0. The zero-order valence-corrected chi connectivity index (χ0v) is 12.4. The van der Waals surface area contributed by atoms with Gasteiger partial charge in [0.2, 0.25) is 0 Å². The maximum absolute atomic E-state index is 11.7. The van der Waals surface area contributed by atoms with E-state index in [1.807, 2.05) is 32.0 Å². The summed E-state index contributed by atoms with van der Waals surface area (Å²) in [5, 5.41) is 12.8. The predicted molar refractivity (Wildman–Crippen MR) is 77.9 cm³/mol. The molecule has 0 radical (unpaired) electrons. The first-order valence-electron chi connectivity index (χ1n) is 7.11. The Labute approximate surface area is 120 Å². The van der Waals surface area contributed by atoms with E-state index in [1.54, 1.807) is 6.92 Å². The van der Waals surface area contributed by atoms with Gasteiger partial charge < -0.3 is 9.84 Å². The lowest BCUT2D eigenvalue weighted by Crippen LogP contribution is -2.49. The van der Waals surface area contributed by atoms with Gasteiger partial charge in [-0.1, -0.05) is 18.2 Å². The summed E-state index contributed by atoms with van der Waals surface area (Å²) in [6, 6.07) is 5.81. The number of ether oxygens (including phenoxy) is 1. The Morgan fingerprint density at radius 2 is 2.20 bits per heavy atom. The number of carboxylic acid groups (broad SMARTS) is 1. The number of rotatable bonds is 5. The molecule has 0 spiro atoms. The minimum absolute atomic E-state index is 0.125. The Morgan fingerprint density at radius 3 is 2.75 bits per heavy atom. The van der Waals surface area contributed by atoms with Crippen molar-refractivity contribution in [3.05, 3.63) is 34.9 Å². The van der Waals surface area contributed by atoms with Gasteiger partial charge in [-0.2, -0.15) is 0 Å². The number of carboxylic acids is 1. The Kier molecular flexibility index (Phi) is 4.45. The van der Waals surface area contributed by atoms with Gasteiger partial charge in [0, 0.05) is 13.2 Å². The topological polar surface area (TPSA) is 58.6 Å². The molecule has 0 saturated carbocycles. The first-order chi connectivity index (χ1) is 9.43. The van der Waals surface area contributed by atoms with Crippen LogP contribution in [0.4, 0.5) is 0 Å². The molecule has 0 aromatic heterocycles. The molecule has 1 heterocycles. The van der Waals surface area contributed by atoms with E-state index >= 15 is 0 Å². The smallest absolute Gasteiger partial charge is 0.328 e. The highest BCUT2D eigenvalue weighted by molar-refractivity contribution is 5.80. The van der Waals surface area contributed by atoms with Crippen LogP contribution in [0, 0.1) is 13.8 Å². The van der Waals surface area contributed by atoms with Crippen molar-refractivity contribution < 1.29 is 14.6 Å². The van der Waals surface area contributed by atoms with Crippen molar-refractivity contribution >= 4 is 5.97 Å². The lowest BCUT2D eigenvalue weighted by atomic mass is 9.89. The van der Waals surface area contributed by atoms with E-state index < -0.39 is 11.5 Å². The van der Waals surface area contributed by atoms with E-state index in [-0.39, 0.29) is 6.10 Å². The number of aliphatic carboxylic acids is 1. The van der Waals surface area contributed by atoms with Gasteiger partial charge in [0.25, 0.3) is 0 Å². The first kappa shape index (κ1) is 15.0. The lowest BCUT2D eigenvalue weighted by molar-refractivity contribution is -0.144. The average Bonchev–Trinajstić information content (AvgIpc) is 2.92. The normalized spacial score (nSPS) is 21.6. The third-order valence-electron chi connectivity index (χ3n) is 4.22. The van der Waals surface area contributed by atoms with Crippen molar-refractivity contribution in [3.8, 4) is 0 Å². The van der Waals surface area contributed by atoms with Crippen LogP contribution in [0.2, 0.25) is 0 Å². The van der Waals surface area contributed by atoms with Gasteiger partial charge in [-0.05, 0) is 50.3 Å². The lowest BCUT2D eigenvalue weighted by Gasteiger charge is -2.29. The largest absolute Gasteiger partial charge is 0.480 e. The maximum Gasteiger partial charge on any atom is 0.328 e. The second-order valence-electron chi connectivity index (χ2n) is 5.75. The molecular formula is C16H23NO3. The van der Waals surface area contributed by atoms with Crippen molar-refractivity contribution in [1.29, 1.82) is 0 Å². The van der Waals surface area contributed by atoms with Gasteiger partial charge in [-0.3, -0.25) is 5.32 Å². The van der Waals surface area contributed by atoms with Crippen LogP contribution < -0.4 is 5.32 Å². The molecule has 1 saturated heterocycles. The fourth-order valence-corrected chi connectivity index (χ4v) is 2.48. The van der Waals surface area contributed by atoms with Crippen LogP contribution in [0.15, 0.2) is 18.2 Å². The number of aryl methyl sites for hydroxylation is 2. The number of carbonyl (C=O) groups is 1. The summed E-state index contributed by atoms with van der Waals surface area (Å²) in [6.45, 7) is 7.09. The molecule has 1 fully saturated rings. The molecule has 110 valence electrons. The van der Waals surface area contributed by atoms with E-state index in [9.17, 15) is 9.90 Å². The fraction of sp³-hybridized carbons (Fsp3) is 0.562. The minimum Gasteiger partial charge on any atom is -0.480 e. The monoisotopic (exact) mass is 277 g/mol. The summed E-state index contributed by atoms with van der Waals surface area (Å²) < 4.78 is 5.55. The second kappa shape index (κ2) is 5.94. The highest BCUT2D eigenvalue weighted by Gasteiger charge is 2.36. The van der Waals surface area contributed by atoms with Crippen molar-refractivity contribution in [2.75, 3.05) is 13.2 Å². The highest BCUT2D eigenvalue weighted by atomic mass is 16.5. The van der Waals surface area contributed by atoms with E-state index in [0.717, 1.165) is 30.6 Å². The third kappa shape index (κ3) is 3.02. The molecule has 4 nitrogen and oxygen atoms in total. The Bertz CT molecular complexity index is 494. The SMILES string of the molecule is Cc1ccc(C(C)(NCC2CCCO2)C(=O)O)cc1C. The summed E-state index contributed by atoms with van der Waals surface area (Å²) in [6.07, 6.45) is 2.18. The van der Waals surface area contributed by atoms with Gasteiger partial charge in [-0.15, -0.1) is 0 Å².